The second kappa shape index (κ2) is 5.23. The van der Waals surface area contributed by atoms with Crippen LogP contribution in [0.25, 0.3) is 0 Å². The summed E-state index contributed by atoms with van der Waals surface area (Å²) in [5, 5.41) is 0.701. The van der Waals surface area contributed by atoms with Crippen LogP contribution < -0.4 is 10.5 Å². The highest BCUT2D eigenvalue weighted by atomic mass is 35.5. The van der Waals surface area contributed by atoms with Gasteiger partial charge in [0.2, 0.25) is 0 Å². The number of rotatable bonds is 4. The van der Waals surface area contributed by atoms with Crippen LogP contribution in [0, 0.1) is 0 Å². The van der Waals surface area contributed by atoms with Gasteiger partial charge in [-0.3, -0.25) is 0 Å². The molecule has 0 radical (unpaired) electrons. The first-order chi connectivity index (χ1) is 6.69. The van der Waals surface area contributed by atoms with Crippen LogP contribution in [0.1, 0.15) is 31.4 Å². The van der Waals surface area contributed by atoms with Gasteiger partial charge in [-0.15, -0.1) is 0 Å². The Bertz CT molecular complexity index is 301. The first-order valence-corrected chi connectivity index (χ1v) is 5.15. The number of hydrogen-bond donors (Lipinski definition) is 1. The average molecular weight is 214 g/mol. The van der Waals surface area contributed by atoms with Crippen LogP contribution in [0.3, 0.4) is 0 Å². The molecule has 0 aromatic heterocycles. The molecular formula is C11H16ClNO. The summed E-state index contributed by atoms with van der Waals surface area (Å²) in [5.41, 5.74) is 7.00. The van der Waals surface area contributed by atoms with Gasteiger partial charge in [-0.05, 0) is 24.6 Å². The molecule has 1 aromatic rings. The molecule has 1 atom stereocenters. The van der Waals surface area contributed by atoms with Crippen LogP contribution >= 0.6 is 11.6 Å². The molecule has 2 N–H and O–H groups in total. The summed E-state index contributed by atoms with van der Waals surface area (Å²) in [5.74, 6) is 0.815. The summed E-state index contributed by atoms with van der Waals surface area (Å²) >= 11 is 5.91. The maximum absolute atomic E-state index is 6.01. The summed E-state index contributed by atoms with van der Waals surface area (Å²) < 4.78 is 5.23. The number of benzene rings is 1. The fourth-order valence-electron chi connectivity index (χ4n) is 1.46. The largest absolute Gasteiger partial charge is 0.496 e. The third kappa shape index (κ3) is 2.63. The fraction of sp³-hybridized carbons (Fsp3) is 0.455. The Morgan fingerprint density at radius 2 is 2.21 bits per heavy atom. The molecule has 0 heterocycles. The summed E-state index contributed by atoms with van der Waals surface area (Å²) in [6, 6.07) is 5.55. The summed E-state index contributed by atoms with van der Waals surface area (Å²) in [4.78, 5) is 0. The monoisotopic (exact) mass is 213 g/mol. The molecule has 0 spiro atoms. The van der Waals surface area contributed by atoms with Gasteiger partial charge in [0.25, 0.3) is 0 Å². The maximum Gasteiger partial charge on any atom is 0.123 e. The molecule has 0 amide bonds. The van der Waals surface area contributed by atoms with E-state index < -0.39 is 0 Å². The molecule has 0 fully saturated rings. The SMILES string of the molecule is CCCC(N)c1cc(Cl)ccc1OC. The first kappa shape index (κ1) is 11.3. The van der Waals surface area contributed by atoms with Gasteiger partial charge in [0.05, 0.1) is 7.11 Å². The first-order valence-electron chi connectivity index (χ1n) is 4.78. The second-order valence-corrected chi connectivity index (χ2v) is 3.72. The number of nitrogens with two attached hydrogens (primary N) is 1. The Hall–Kier alpha value is -0.730. The molecule has 1 rings (SSSR count). The average Bonchev–Trinajstić information content (AvgIpc) is 2.18. The Kier molecular flexibility index (Phi) is 4.23. The molecule has 2 nitrogen and oxygen atoms in total. The van der Waals surface area contributed by atoms with E-state index >= 15 is 0 Å². The van der Waals surface area contributed by atoms with Crippen LogP contribution in [0.4, 0.5) is 0 Å². The molecule has 0 aliphatic carbocycles. The predicted octanol–water partition coefficient (Wildman–Crippen LogP) is 3.15. The van der Waals surface area contributed by atoms with E-state index in [2.05, 4.69) is 6.92 Å². The van der Waals surface area contributed by atoms with Crippen molar-refractivity contribution in [2.24, 2.45) is 5.73 Å². The van der Waals surface area contributed by atoms with E-state index in [1.165, 1.54) is 0 Å². The molecule has 1 aromatic carbocycles. The van der Waals surface area contributed by atoms with E-state index in [1.807, 2.05) is 18.2 Å². The normalized spacial score (nSPS) is 12.6. The smallest absolute Gasteiger partial charge is 0.123 e. The van der Waals surface area contributed by atoms with Crippen LogP contribution in [0.15, 0.2) is 18.2 Å². The third-order valence-electron chi connectivity index (χ3n) is 2.19. The molecule has 14 heavy (non-hydrogen) atoms. The minimum atomic E-state index is 0.00801. The molecule has 0 bridgehead atoms. The summed E-state index contributed by atoms with van der Waals surface area (Å²) in [6.45, 7) is 2.11. The van der Waals surface area contributed by atoms with Crippen molar-refractivity contribution in [1.29, 1.82) is 0 Å². The van der Waals surface area contributed by atoms with Crippen molar-refractivity contribution in [3.63, 3.8) is 0 Å². The van der Waals surface area contributed by atoms with Gasteiger partial charge in [-0.2, -0.15) is 0 Å². The molecule has 3 heteroatoms. The lowest BCUT2D eigenvalue weighted by atomic mass is 10.0. The van der Waals surface area contributed by atoms with Gasteiger partial charge in [0.15, 0.2) is 0 Å². The Balaban J connectivity index is 2.97. The third-order valence-corrected chi connectivity index (χ3v) is 2.43. The van der Waals surface area contributed by atoms with Crippen LogP contribution in [-0.2, 0) is 0 Å². The lowest BCUT2D eigenvalue weighted by molar-refractivity contribution is 0.404. The standard InChI is InChI=1S/C11H16ClNO/c1-3-4-10(13)9-7-8(12)5-6-11(9)14-2/h5-7,10H,3-4,13H2,1-2H3. The van der Waals surface area contributed by atoms with Gasteiger partial charge >= 0.3 is 0 Å². The van der Waals surface area contributed by atoms with E-state index in [0.29, 0.717) is 5.02 Å². The lowest BCUT2D eigenvalue weighted by Crippen LogP contribution is -2.11. The van der Waals surface area contributed by atoms with Gasteiger partial charge in [0.1, 0.15) is 5.75 Å². The van der Waals surface area contributed by atoms with Gasteiger partial charge in [-0.1, -0.05) is 24.9 Å². The van der Waals surface area contributed by atoms with Crippen LogP contribution in [0.2, 0.25) is 5.02 Å². The number of halogens is 1. The van der Waals surface area contributed by atoms with Crippen molar-refractivity contribution in [3.8, 4) is 5.75 Å². The van der Waals surface area contributed by atoms with Gasteiger partial charge < -0.3 is 10.5 Å². The molecule has 0 saturated heterocycles. The molecule has 78 valence electrons. The maximum atomic E-state index is 6.01. The molecule has 0 saturated carbocycles. The Morgan fingerprint density at radius 3 is 2.79 bits per heavy atom. The molecular weight excluding hydrogens is 198 g/mol. The second-order valence-electron chi connectivity index (χ2n) is 3.28. The van der Waals surface area contributed by atoms with E-state index in [9.17, 15) is 0 Å². The fourth-order valence-corrected chi connectivity index (χ4v) is 1.64. The zero-order valence-electron chi connectivity index (χ0n) is 8.59. The summed E-state index contributed by atoms with van der Waals surface area (Å²) in [6.07, 6.45) is 1.99. The van der Waals surface area contributed by atoms with Crippen molar-refractivity contribution < 1.29 is 4.74 Å². The van der Waals surface area contributed by atoms with Gasteiger partial charge in [0, 0.05) is 16.6 Å². The van der Waals surface area contributed by atoms with Crippen molar-refractivity contribution >= 4 is 11.6 Å². The highest BCUT2D eigenvalue weighted by Gasteiger charge is 2.11. The highest BCUT2D eigenvalue weighted by Crippen LogP contribution is 2.29. The predicted molar refractivity (Wildman–Crippen MR) is 59.8 cm³/mol. The topological polar surface area (TPSA) is 35.2 Å². The van der Waals surface area contributed by atoms with Crippen molar-refractivity contribution in [2.45, 2.75) is 25.8 Å². The minimum Gasteiger partial charge on any atom is -0.496 e. The quantitative estimate of drug-likeness (QED) is 0.834. The van der Waals surface area contributed by atoms with Crippen molar-refractivity contribution in [3.05, 3.63) is 28.8 Å². The van der Waals surface area contributed by atoms with Crippen molar-refractivity contribution in [1.82, 2.24) is 0 Å². The summed E-state index contributed by atoms with van der Waals surface area (Å²) in [7, 11) is 1.64. The number of methoxy groups -OCH3 is 1. The highest BCUT2D eigenvalue weighted by molar-refractivity contribution is 6.30. The van der Waals surface area contributed by atoms with E-state index in [4.69, 9.17) is 22.1 Å². The van der Waals surface area contributed by atoms with Gasteiger partial charge in [-0.25, -0.2) is 0 Å². The van der Waals surface area contributed by atoms with E-state index in [-0.39, 0.29) is 6.04 Å². The van der Waals surface area contributed by atoms with Crippen LogP contribution in [-0.4, -0.2) is 7.11 Å². The molecule has 0 aliphatic heterocycles. The zero-order chi connectivity index (χ0) is 10.6. The lowest BCUT2D eigenvalue weighted by Gasteiger charge is -2.15. The Labute approximate surface area is 90.0 Å². The minimum absolute atomic E-state index is 0.00801. The Morgan fingerprint density at radius 1 is 1.50 bits per heavy atom. The van der Waals surface area contributed by atoms with Crippen molar-refractivity contribution in [2.75, 3.05) is 7.11 Å². The van der Waals surface area contributed by atoms with Crippen LogP contribution in [0.5, 0.6) is 5.75 Å². The van der Waals surface area contributed by atoms with E-state index in [0.717, 1.165) is 24.2 Å². The number of ether oxygens (including phenoxy) is 1. The number of hydrogen-bond acceptors (Lipinski definition) is 2. The molecule has 1 unspecified atom stereocenters. The molecule has 0 aliphatic rings. The van der Waals surface area contributed by atoms with E-state index in [1.54, 1.807) is 7.11 Å². The zero-order valence-corrected chi connectivity index (χ0v) is 9.34.